The van der Waals surface area contributed by atoms with Crippen molar-refractivity contribution in [3.63, 3.8) is 0 Å². The average molecular weight is 678 g/mol. The Kier molecular flexibility index (Phi) is 10.9. The number of urea groups is 1. The monoisotopic (exact) mass is 677 g/mol. The minimum absolute atomic E-state index is 0.0250. The van der Waals surface area contributed by atoms with Crippen molar-refractivity contribution in [2.75, 3.05) is 12.8 Å². The Bertz CT molecular complexity index is 1320. The smallest absolute Gasteiger partial charge is 0.315 e. The Labute approximate surface area is 279 Å². The summed E-state index contributed by atoms with van der Waals surface area (Å²) in [5.41, 5.74) is -1.48. The van der Waals surface area contributed by atoms with Crippen LogP contribution in [0.3, 0.4) is 0 Å². The van der Waals surface area contributed by atoms with Crippen LogP contribution >= 0.6 is 0 Å². The first kappa shape index (κ1) is 35.6. The van der Waals surface area contributed by atoms with Gasteiger partial charge in [0.15, 0.2) is 9.84 Å². The Morgan fingerprint density at radius 2 is 1.45 bits per heavy atom. The summed E-state index contributed by atoms with van der Waals surface area (Å²) in [6.07, 6.45) is 14.2. The Balaban J connectivity index is 1.32. The van der Waals surface area contributed by atoms with E-state index in [2.05, 4.69) is 21.3 Å². The number of nitrogens with zero attached hydrogens (tertiary/aromatic N) is 1. The normalized spacial score (nSPS) is 25.9. The van der Waals surface area contributed by atoms with Crippen LogP contribution in [-0.2, 0) is 29.0 Å². The fraction of sp³-hybridized carbons (Fsp3) is 0.853. The molecule has 12 nitrogen and oxygen atoms in total. The largest absolute Gasteiger partial charge is 0.347 e. The first-order valence-corrected chi connectivity index (χ1v) is 19.9. The van der Waals surface area contributed by atoms with Crippen LogP contribution in [0, 0.1) is 11.3 Å². The summed E-state index contributed by atoms with van der Waals surface area (Å²) in [5, 5.41) is 10.8. The van der Waals surface area contributed by atoms with Crippen LogP contribution < -0.4 is 21.3 Å². The molecule has 1 aliphatic heterocycles. The SMILES string of the molecule is C[C@H](C1(NC(=O)N[C@H](C(=O)N2CCC[C@H]2C(=O)N[C@@H](CC2CC2)C(=O)C(=O)NC2CC2)C2(C)CCCCC2)CCCCC1)S(C)(=O)=O. The minimum atomic E-state index is -3.45. The lowest BCUT2D eigenvalue weighted by molar-refractivity contribution is -0.144. The summed E-state index contributed by atoms with van der Waals surface area (Å²) in [5.74, 6) is -1.81. The molecular weight excluding hydrogens is 622 g/mol. The maximum absolute atomic E-state index is 14.5. The molecule has 1 heterocycles. The van der Waals surface area contributed by atoms with Gasteiger partial charge in [-0.2, -0.15) is 0 Å². The number of likely N-dealkylation sites (tertiary alicyclic amines) is 1. The molecule has 4 saturated carbocycles. The second kappa shape index (κ2) is 14.4. The number of rotatable bonds is 13. The summed E-state index contributed by atoms with van der Waals surface area (Å²) >= 11 is 0. The predicted molar refractivity (Wildman–Crippen MR) is 177 cm³/mol. The summed E-state index contributed by atoms with van der Waals surface area (Å²) < 4.78 is 25.3. The van der Waals surface area contributed by atoms with Crippen LogP contribution in [0.4, 0.5) is 4.79 Å². The third-order valence-corrected chi connectivity index (χ3v) is 13.4. The molecule has 4 aliphatic carbocycles. The van der Waals surface area contributed by atoms with Crippen LogP contribution in [0.1, 0.15) is 123 Å². The van der Waals surface area contributed by atoms with Crippen LogP contribution in [0.15, 0.2) is 0 Å². The summed E-state index contributed by atoms with van der Waals surface area (Å²) in [6, 6.07) is -3.22. The minimum Gasteiger partial charge on any atom is -0.347 e. The molecule has 0 radical (unpaired) electrons. The lowest BCUT2D eigenvalue weighted by atomic mass is 9.70. The molecule has 0 bridgehead atoms. The highest BCUT2D eigenvalue weighted by Crippen LogP contribution is 2.41. The molecule has 0 aromatic rings. The molecule has 264 valence electrons. The molecule has 5 rings (SSSR count). The highest BCUT2D eigenvalue weighted by atomic mass is 32.2. The number of Topliss-reactive ketones (excluding diaryl/α,β-unsaturated/α-hetero) is 1. The van der Waals surface area contributed by atoms with Crippen LogP contribution in [0.25, 0.3) is 0 Å². The van der Waals surface area contributed by atoms with Gasteiger partial charge in [-0.3, -0.25) is 19.2 Å². The molecule has 0 aromatic carbocycles. The zero-order valence-corrected chi connectivity index (χ0v) is 29.2. The predicted octanol–water partition coefficient (Wildman–Crippen LogP) is 2.88. The summed E-state index contributed by atoms with van der Waals surface area (Å²) in [7, 11) is -3.45. The quantitative estimate of drug-likeness (QED) is 0.217. The van der Waals surface area contributed by atoms with Gasteiger partial charge in [-0.05, 0) is 76.0 Å². The van der Waals surface area contributed by atoms with Crippen molar-refractivity contribution in [1.29, 1.82) is 0 Å². The van der Waals surface area contributed by atoms with Gasteiger partial charge in [0.05, 0.1) is 16.8 Å². The van der Waals surface area contributed by atoms with E-state index in [4.69, 9.17) is 0 Å². The number of hydrogen-bond acceptors (Lipinski definition) is 7. The van der Waals surface area contributed by atoms with Crippen molar-refractivity contribution in [2.24, 2.45) is 11.3 Å². The van der Waals surface area contributed by atoms with Crippen LogP contribution in [0.5, 0.6) is 0 Å². The molecule has 47 heavy (non-hydrogen) atoms. The number of carbonyl (C=O) groups excluding carboxylic acids is 5. The molecule has 4 atom stereocenters. The number of amides is 5. The van der Waals surface area contributed by atoms with Crippen LogP contribution in [-0.4, -0.2) is 90.6 Å². The van der Waals surface area contributed by atoms with E-state index in [0.29, 0.717) is 38.6 Å². The van der Waals surface area contributed by atoms with Crippen molar-refractivity contribution < 1.29 is 32.4 Å². The molecule has 5 amide bonds. The lowest BCUT2D eigenvalue weighted by Crippen LogP contribution is -2.65. The average Bonchev–Trinajstić information content (AvgIpc) is 3.97. The van der Waals surface area contributed by atoms with E-state index in [1.807, 2.05) is 6.92 Å². The lowest BCUT2D eigenvalue weighted by Gasteiger charge is -2.45. The van der Waals surface area contributed by atoms with Gasteiger partial charge < -0.3 is 26.2 Å². The van der Waals surface area contributed by atoms with Gasteiger partial charge in [-0.25, -0.2) is 13.2 Å². The topological polar surface area (TPSA) is 171 Å². The van der Waals surface area contributed by atoms with Gasteiger partial charge in [0.2, 0.25) is 17.6 Å². The van der Waals surface area contributed by atoms with Crippen molar-refractivity contribution in [1.82, 2.24) is 26.2 Å². The number of sulfone groups is 1. The van der Waals surface area contributed by atoms with Gasteiger partial charge in [0.1, 0.15) is 12.1 Å². The molecule has 1 saturated heterocycles. The van der Waals surface area contributed by atoms with E-state index < -0.39 is 67.8 Å². The standard InChI is InChI=1S/C34H55N5O7S/c1-22(47(3,45)46)34(18-8-5-9-19-34)38-32(44)37-28(33(2)16-6-4-7-17-33)31(43)39-20-10-11-26(39)29(41)36-25(21-23-12-13-23)27(40)30(42)35-24-14-15-24/h22-26,28H,4-21H2,1-3H3,(H,35,42)(H,36,41)(H2,37,38,44)/t22-,25+,26+,28-/m1/s1. The van der Waals surface area contributed by atoms with Gasteiger partial charge in [-0.1, -0.05) is 58.3 Å². The van der Waals surface area contributed by atoms with Gasteiger partial charge in [-0.15, -0.1) is 0 Å². The van der Waals surface area contributed by atoms with E-state index >= 15 is 0 Å². The zero-order chi connectivity index (χ0) is 34.0. The van der Waals surface area contributed by atoms with E-state index in [0.717, 1.165) is 77.0 Å². The summed E-state index contributed by atoms with van der Waals surface area (Å²) in [6.45, 7) is 4.00. The molecule has 5 aliphatic rings. The van der Waals surface area contributed by atoms with Crippen LogP contribution in [0.2, 0.25) is 0 Å². The zero-order valence-electron chi connectivity index (χ0n) is 28.4. The highest BCUT2D eigenvalue weighted by molar-refractivity contribution is 7.91. The van der Waals surface area contributed by atoms with Gasteiger partial charge in [0.25, 0.3) is 5.91 Å². The van der Waals surface area contributed by atoms with E-state index in [9.17, 15) is 32.4 Å². The number of carbonyl (C=O) groups is 5. The van der Waals surface area contributed by atoms with Crippen molar-refractivity contribution in [3.05, 3.63) is 0 Å². The highest BCUT2D eigenvalue weighted by Gasteiger charge is 2.49. The maximum Gasteiger partial charge on any atom is 0.315 e. The third kappa shape index (κ3) is 8.67. The molecule has 5 fully saturated rings. The first-order chi connectivity index (χ1) is 22.2. The second-order valence-corrected chi connectivity index (χ2v) is 17.8. The molecule has 0 spiro atoms. The number of hydrogen-bond donors (Lipinski definition) is 4. The maximum atomic E-state index is 14.5. The van der Waals surface area contributed by atoms with Crippen molar-refractivity contribution in [2.45, 2.75) is 158 Å². The third-order valence-electron chi connectivity index (χ3n) is 11.6. The fourth-order valence-electron chi connectivity index (χ4n) is 8.10. The molecule has 4 N–H and O–H groups in total. The number of ketones is 1. The summed E-state index contributed by atoms with van der Waals surface area (Å²) in [4.78, 5) is 69.3. The molecule has 13 heteroatoms. The van der Waals surface area contributed by atoms with Crippen molar-refractivity contribution in [3.8, 4) is 0 Å². The Morgan fingerprint density at radius 3 is 2.02 bits per heavy atom. The van der Waals surface area contributed by atoms with E-state index in [-0.39, 0.29) is 17.9 Å². The fourth-order valence-corrected chi connectivity index (χ4v) is 9.21. The molecule has 0 unspecified atom stereocenters. The molecular formula is C34H55N5O7S. The Hall–Kier alpha value is -2.70. The second-order valence-electron chi connectivity index (χ2n) is 15.5. The van der Waals surface area contributed by atoms with Gasteiger partial charge in [0, 0.05) is 18.8 Å². The number of nitrogens with one attached hydrogen (secondary N) is 4. The van der Waals surface area contributed by atoms with Crippen molar-refractivity contribution >= 4 is 39.4 Å². The van der Waals surface area contributed by atoms with E-state index in [1.54, 1.807) is 11.8 Å². The Morgan fingerprint density at radius 1 is 0.830 bits per heavy atom. The van der Waals surface area contributed by atoms with Gasteiger partial charge >= 0.3 is 6.03 Å². The first-order valence-electron chi connectivity index (χ1n) is 18.0. The molecule has 0 aromatic heterocycles. The van der Waals surface area contributed by atoms with E-state index in [1.165, 1.54) is 6.26 Å².